The number of hydrogen-bond donors (Lipinski definition) is 0. The fourth-order valence-electron chi connectivity index (χ4n) is 4.34. The summed E-state index contributed by atoms with van der Waals surface area (Å²) in [5.41, 5.74) is 7.48. The van der Waals surface area contributed by atoms with Crippen LogP contribution >= 0.6 is 11.3 Å². The van der Waals surface area contributed by atoms with Gasteiger partial charge in [-0.1, -0.05) is 60.7 Å². The predicted molar refractivity (Wildman–Crippen MR) is 109 cm³/mol. The molecule has 0 radical (unpaired) electrons. The van der Waals surface area contributed by atoms with Crippen LogP contribution < -0.4 is 0 Å². The van der Waals surface area contributed by atoms with Gasteiger partial charge in [0.15, 0.2) is 0 Å². The average Bonchev–Trinajstić information content (AvgIpc) is 3.21. The van der Waals surface area contributed by atoms with Crippen LogP contribution in [0.4, 0.5) is 0 Å². The normalized spacial score (nSPS) is 13.8. The van der Waals surface area contributed by atoms with E-state index in [0.29, 0.717) is 0 Å². The Morgan fingerprint density at radius 1 is 0.600 bits per heavy atom. The summed E-state index contributed by atoms with van der Waals surface area (Å²) >= 11 is 1.87. The zero-order valence-electron chi connectivity index (χ0n) is 14.2. The summed E-state index contributed by atoms with van der Waals surface area (Å²) in [6, 6.07) is 24.4. The summed E-state index contributed by atoms with van der Waals surface area (Å²) < 4.78 is 0. The molecule has 0 amide bonds. The number of hydrogen-bond acceptors (Lipinski definition) is 1. The fourth-order valence-corrected chi connectivity index (χ4v) is 5.15. The Morgan fingerprint density at radius 2 is 1.24 bits per heavy atom. The summed E-state index contributed by atoms with van der Waals surface area (Å²) in [5.74, 6) is 0. The van der Waals surface area contributed by atoms with E-state index >= 15 is 0 Å². The molecule has 1 aromatic heterocycles. The minimum absolute atomic E-state index is 1.20. The maximum absolute atomic E-state index is 2.31. The van der Waals surface area contributed by atoms with Gasteiger partial charge in [0.2, 0.25) is 0 Å². The standard InChI is InChI=1S/C24H20S/c1-2-9-17(10-3-1)23-18-11-4-6-13-20(18)24(22-15-8-16-25-22)21-14-7-5-12-19(21)23/h1-4,6,8-11,13,15-16H,5,7,12,14H2. The van der Waals surface area contributed by atoms with Gasteiger partial charge in [-0.05, 0) is 70.2 Å². The van der Waals surface area contributed by atoms with Crippen molar-refractivity contribution in [3.05, 3.63) is 83.2 Å². The number of rotatable bonds is 2. The number of benzene rings is 3. The summed E-state index contributed by atoms with van der Waals surface area (Å²) in [7, 11) is 0. The molecular formula is C24H20S. The molecule has 3 aromatic carbocycles. The van der Waals surface area contributed by atoms with E-state index in [1.165, 1.54) is 58.0 Å². The van der Waals surface area contributed by atoms with Gasteiger partial charge >= 0.3 is 0 Å². The third kappa shape index (κ3) is 2.42. The number of fused-ring (bicyclic) bond motifs is 2. The van der Waals surface area contributed by atoms with Crippen LogP contribution in [-0.4, -0.2) is 0 Å². The van der Waals surface area contributed by atoms with Crippen molar-refractivity contribution in [3.8, 4) is 21.6 Å². The first-order valence-electron chi connectivity index (χ1n) is 9.09. The van der Waals surface area contributed by atoms with E-state index in [1.807, 2.05) is 11.3 Å². The quantitative estimate of drug-likeness (QED) is 0.364. The van der Waals surface area contributed by atoms with Crippen LogP contribution in [-0.2, 0) is 12.8 Å². The molecule has 5 rings (SSSR count). The van der Waals surface area contributed by atoms with Crippen LogP contribution in [0.25, 0.3) is 32.3 Å². The van der Waals surface area contributed by atoms with E-state index in [0.717, 1.165) is 0 Å². The maximum atomic E-state index is 2.31. The monoisotopic (exact) mass is 340 g/mol. The second-order valence-electron chi connectivity index (χ2n) is 6.80. The van der Waals surface area contributed by atoms with Crippen molar-refractivity contribution in [1.29, 1.82) is 0 Å². The Kier molecular flexibility index (Phi) is 3.68. The van der Waals surface area contributed by atoms with Gasteiger partial charge in [-0.25, -0.2) is 0 Å². The molecule has 0 saturated carbocycles. The van der Waals surface area contributed by atoms with Gasteiger partial charge in [0.05, 0.1) is 0 Å². The first-order valence-corrected chi connectivity index (χ1v) is 9.97. The minimum atomic E-state index is 1.20. The first kappa shape index (κ1) is 14.9. The average molecular weight is 340 g/mol. The largest absolute Gasteiger partial charge is 0.144 e. The van der Waals surface area contributed by atoms with Gasteiger partial charge in [-0.15, -0.1) is 11.3 Å². The van der Waals surface area contributed by atoms with Crippen molar-refractivity contribution in [1.82, 2.24) is 0 Å². The Bertz CT molecular complexity index is 1030. The molecule has 25 heavy (non-hydrogen) atoms. The summed E-state index contributed by atoms with van der Waals surface area (Å²) in [6.45, 7) is 0. The molecular weight excluding hydrogens is 320 g/mol. The molecule has 0 N–H and O–H groups in total. The van der Waals surface area contributed by atoms with Crippen molar-refractivity contribution < 1.29 is 0 Å². The van der Waals surface area contributed by atoms with Crippen LogP contribution in [0.3, 0.4) is 0 Å². The Morgan fingerprint density at radius 3 is 1.92 bits per heavy atom. The zero-order chi connectivity index (χ0) is 16.6. The third-order valence-electron chi connectivity index (χ3n) is 5.37. The van der Waals surface area contributed by atoms with E-state index in [4.69, 9.17) is 0 Å². The SMILES string of the molecule is c1ccc(-c2c3c(c(-c4cccs4)c4ccccc24)CCCC3)cc1. The Labute approximate surface area is 152 Å². The van der Waals surface area contributed by atoms with Crippen molar-refractivity contribution >= 4 is 22.1 Å². The molecule has 0 fully saturated rings. The molecule has 1 aliphatic rings. The summed E-state index contributed by atoms with van der Waals surface area (Å²) in [4.78, 5) is 1.41. The minimum Gasteiger partial charge on any atom is -0.144 e. The first-order chi connectivity index (χ1) is 12.4. The highest BCUT2D eigenvalue weighted by Crippen LogP contribution is 2.45. The topological polar surface area (TPSA) is 0 Å². The second kappa shape index (κ2) is 6.16. The Hall–Kier alpha value is -2.38. The van der Waals surface area contributed by atoms with Gasteiger partial charge in [0, 0.05) is 10.4 Å². The fraction of sp³-hybridized carbons (Fsp3) is 0.167. The molecule has 0 aliphatic heterocycles. The molecule has 0 saturated heterocycles. The zero-order valence-corrected chi connectivity index (χ0v) is 15.0. The van der Waals surface area contributed by atoms with E-state index in [2.05, 4.69) is 72.1 Å². The summed E-state index contributed by atoms with van der Waals surface area (Å²) in [5, 5.41) is 5.01. The van der Waals surface area contributed by atoms with E-state index in [9.17, 15) is 0 Å². The predicted octanol–water partition coefficient (Wildman–Crippen LogP) is 7.11. The molecule has 4 aromatic rings. The molecule has 0 spiro atoms. The molecule has 1 heteroatoms. The Balaban J connectivity index is 1.95. The van der Waals surface area contributed by atoms with Crippen LogP contribution in [0.2, 0.25) is 0 Å². The summed E-state index contributed by atoms with van der Waals surface area (Å²) in [6.07, 6.45) is 5.00. The maximum Gasteiger partial charge on any atom is 0.0351 e. The molecule has 0 unspecified atom stereocenters. The lowest BCUT2D eigenvalue weighted by molar-refractivity contribution is 0.689. The van der Waals surface area contributed by atoms with Crippen molar-refractivity contribution in [2.24, 2.45) is 0 Å². The van der Waals surface area contributed by atoms with Gasteiger partial charge < -0.3 is 0 Å². The van der Waals surface area contributed by atoms with Crippen LogP contribution in [0, 0.1) is 0 Å². The molecule has 1 heterocycles. The van der Waals surface area contributed by atoms with Crippen LogP contribution in [0.15, 0.2) is 72.1 Å². The van der Waals surface area contributed by atoms with Crippen molar-refractivity contribution in [2.75, 3.05) is 0 Å². The molecule has 0 nitrogen and oxygen atoms in total. The smallest absolute Gasteiger partial charge is 0.0351 e. The molecule has 1 aliphatic carbocycles. The third-order valence-corrected chi connectivity index (χ3v) is 6.25. The molecule has 0 bridgehead atoms. The van der Waals surface area contributed by atoms with Crippen molar-refractivity contribution in [2.45, 2.75) is 25.7 Å². The highest BCUT2D eigenvalue weighted by Gasteiger charge is 2.23. The van der Waals surface area contributed by atoms with Crippen molar-refractivity contribution in [3.63, 3.8) is 0 Å². The lowest BCUT2D eigenvalue weighted by atomic mass is 9.79. The van der Waals surface area contributed by atoms with E-state index in [-0.39, 0.29) is 0 Å². The molecule has 0 atom stereocenters. The van der Waals surface area contributed by atoms with Gasteiger partial charge in [0.25, 0.3) is 0 Å². The van der Waals surface area contributed by atoms with Crippen LogP contribution in [0.5, 0.6) is 0 Å². The highest BCUT2D eigenvalue weighted by atomic mass is 32.1. The molecule has 122 valence electrons. The van der Waals surface area contributed by atoms with Gasteiger partial charge in [0.1, 0.15) is 0 Å². The highest BCUT2D eigenvalue weighted by molar-refractivity contribution is 7.13. The van der Waals surface area contributed by atoms with Crippen LogP contribution in [0.1, 0.15) is 24.0 Å². The van der Waals surface area contributed by atoms with E-state index in [1.54, 1.807) is 11.1 Å². The van der Waals surface area contributed by atoms with Gasteiger partial charge in [-0.3, -0.25) is 0 Å². The lowest BCUT2D eigenvalue weighted by Crippen LogP contribution is -2.07. The lowest BCUT2D eigenvalue weighted by Gasteiger charge is -2.25. The second-order valence-corrected chi connectivity index (χ2v) is 7.75. The van der Waals surface area contributed by atoms with E-state index < -0.39 is 0 Å². The van der Waals surface area contributed by atoms with Gasteiger partial charge in [-0.2, -0.15) is 0 Å². The number of thiophene rings is 1.